The maximum atomic E-state index is 6.21. The Morgan fingerprint density at radius 3 is 2.40 bits per heavy atom. The molecular formula is C17H34N2O. The quantitative estimate of drug-likeness (QED) is 0.864. The van der Waals surface area contributed by atoms with E-state index >= 15 is 0 Å². The van der Waals surface area contributed by atoms with Crippen LogP contribution in [0.4, 0.5) is 0 Å². The van der Waals surface area contributed by atoms with Gasteiger partial charge in [-0.1, -0.05) is 27.7 Å². The fraction of sp³-hybridized carbons (Fsp3) is 1.00. The van der Waals surface area contributed by atoms with Crippen molar-refractivity contribution in [3.05, 3.63) is 0 Å². The number of piperidine rings is 1. The van der Waals surface area contributed by atoms with E-state index in [1.54, 1.807) is 0 Å². The topological polar surface area (TPSA) is 38.5 Å². The van der Waals surface area contributed by atoms with Crippen molar-refractivity contribution in [2.24, 2.45) is 17.1 Å². The van der Waals surface area contributed by atoms with Crippen LogP contribution in [0.15, 0.2) is 0 Å². The Balaban J connectivity index is 1.99. The molecule has 0 spiro atoms. The van der Waals surface area contributed by atoms with Crippen LogP contribution >= 0.6 is 0 Å². The zero-order valence-electron chi connectivity index (χ0n) is 14.0. The van der Waals surface area contributed by atoms with Crippen molar-refractivity contribution in [1.82, 2.24) is 4.90 Å². The number of likely N-dealkylation sites (tertiary alicyclic amines) is 1. The third kappa shape index (κ3) is 3.37. The van der Waals surface area contributed by atoms with Crippen LogP contribution in [0.3, 0.4) is 0 Å². The molecule has 2 atom stereocenters. The van der Waals surface area contributed by atoms with Gasteiger partial charge in [-0.15, -0.1) is 0 Å². The van der Waals surface area contributed by atoms with Crippen LogP contribution < -0.4 is 5.73 Å². The Hall–Kier alpha value is -0.120. The highest BCUT2D eigenvalue weighted by atomic mass is 16.5. The maximum Gasteiger partial charge on any atom is 0.0590 e. The van der Waals surface area contributed by atoms with E-state index in [0.717, 1.165) is 38.3 Å². The van der Waals surface area contributed by atoms with Gasteiger partial charge in [0.1, 0.15) is 0 Å². The third-order valence-corrected chi connectivity index (χ3v) is 5.75. The van der Waals surface area contributed by atoms with Gasteiger partial charge < -0.3 is 10.5 Å². The van der Waals surface area contributed by atoms with Crippen molar-refractivity contribution in [3.8, 4) is 0 Å². The third-order valence-electron chi connectivity index (χ3n) is 5.75. The molecular weight excluding hydrogens is 248 g/mol. The van der Waals surface area contributed by atoms with Crippen molar-refractivity contribution in [2.45, 2.75) is 71.4 Å². The highest BCUT2D eigenvalue weighted by molar-refractivity contribution is 4.98. The highest BCUT2D eigenvalue weighted by Crippen LogP contribution is 2.39. The summed E-state index contributed by atoms with van der Waals surface area (Å²) in [4.78, 5) is 2.69. The molecule has 20 heavy (non-hydrogen) atoms. The Morgan fingerprint density at radius 1 is 1.25 bits per heavy atom. The molecule has 2 unspecified atom stereocenters. The average molecular weight is 282 g/mol. The second-order valence-corrected chi connectivity index (χ2v) is 7.91. The molecule has 3 heteroatoms. The highest BCUT2D eigenvalue weighted by Gasteiger charge is 2.42. The second kappa shape index (κ2) is 6.33. The van der Waals surface area contributed by atoms with Gasteiger partial charge in [0.2, 0.25) is 0 Å². The maximum absolute atomic E-state index is 6.21. The first-order valence-corrected chi connectivity index (χ1v) is 8.48. The summed E-state index contributed by atoms with van der Waals surface area (Å²) in [7, 11) is 0. The van der Waals surface area contributed by atoms with Gasteiger partial charge in [0.25, 0.3) is 0 Å². The summed E-state index contributed by atoms with van der Waals surface area (Å²) in [5.41, 5.74) is 6.87. The lowest BCUT2D eigenvalue weighted by atomic mass is 9.73. The van der Waals surface area contributed by atoms with Gasteiger partial charge >= 0.3 is 0 Å². The molecule has 0 aromatic carbocycles. The summed E-state index contributed by atoms with van der Waals surface area (Å²) in [5.74, 6) is 0.857. The van der Waals surface area contributed by atoms with Gasteiger partial charge in [0.15, 0.2) is 0 Å². The van der Waals surface area contributed by atoms with Gasteiger partial charge in [-0.2, -0.15) is 0 Å². The zero-order valence-corrected chi connectivity index (χ0v) is 14.0. The van der Waals surface area contributed by atoms with E-state index in [9.17, 15) is 0 Å². The molecule has 0 aliphatic carbocycles. The lowest BCUT2D eigenvalue weighted by molar-refractivity contribution is -0.0836. The SMILES string of the molecule is CCC1CC(CN)(N2CCC(C(C)(C)C)CC2)CCO1. The van der Waals surface area contributed by atoms with Crippen LogP contribution in [0, 0.1) is 11.3 Å². The number of nitrogens with two attached hydrogens (primary N) is 1. The predicted octanol–water partition coefficient (Wildman–Crippen LogP) is 3.03. The largest absolute Gasteiger partial charge is 0.378 e. The molecule has 0 bridgehead atoms. The monoisotopic (exact) mass is 282 g/mol. The van der Waals surface area contributed by atoms with Gasteiger partial charge in [0.05, 0.1) is 6.10 Å². The number of hydrogen-bond acceptors (Lipinski definition) is 3. The average Bonchev–Trinajstić information content (AvgIpc) is 2.46. The standard InChI is InChI=1S/C17H34N2O/c1-5-15-12-17(13-18,8-11-20-15)19-9-6-14(7-10-19)16(2,3)4/h14-15H,5-13,18H2,1-4H3. The molecule has 2 aliphatic rings. The van der Waals surface area contributed by atoms with E-state index < -0.39 is 0 Å². The molecule has 3 nitrogen and oxygen atoms in total. The number of rotatable bonds is 3. The van der Waals surface area contributed by atoms with Crippen LogP contribution in [0.1, 0.15) is 59.8 Å². The van der Waals surface area contributed by atoms with Gasteiger partial charge in [-0.25, -0.2) is 0 Å². The normalized spacial score (nSPS) is 34.4. The Bertz CT molecular complexity index is 305. The van der Waals surface area contributed by atoms with Crippen LogP contribution in [0.25, 0.3) is 0 Å². The summed E-state index contributed by atoms with van der Waals surface area (Å²) in [5, 5.41) is 0. The minimum Gasteiger partial charge on any atom is -0.378 e. The lowest BCUT2D eigenvalue weighted by Gasteiger charge is -2.51. The van der Waals surface area contributed by atoms with E-state index in [2.05, 4.69) is 32.6 Å². The summed E-state index contributed by atoms with van der Waals surface area (Å²) in [6.07, 6.45) is 6.40. The van der Waals surface area contributed by atoms with Crippen molar-refractivity contribution in [2.75, 3.05) is 26.2 Å². The molecule has 0 aromatic heterocycles. The molecule has 0 aromatic rings. The molecule has 2 aliphatic heterocycles. The van der Waals surface area contributed by atoms with Crippen molar-refractivity contribution in [1.29, 1.82) is 0 Å². The van der Waals surface area contributed by atoms with Crippen molar-refractivity contribution >= 4 is 0 Å². The first kappa shape index (κ1) is 16.3. The summed E-state index contributed by atoms with van der Waals surface area (Å²) >= 11 is 0. The molecule has 0 saturated carbocycles. The summed E-state index contributed by atoms with van der Waals surface area (Å²) in [6, 6.07) is 0. The number of hydrogen-bond donors (Lipinski definition) is 1. The van der Waals surface area contributed by atoms with Crippen LogP contribution in [0.2, 0.25) is 0 Å². The zero-order chi connectivity index (χ0) is 14.8. The Labute approximate surface area is 125 Å². The summed E-state index contributed by atoms with van der Waals surface area (Å²) in [6.45, 7) is 13.5. The fourth-order valence-corrected chi connectivity index (χ4v) is 4.08. The molecule has 2 saturated heterocycles. The minimum atomic E-state index is 0.210. The van der Waals surface area contributed by atoms with E-state index in [0.29, 0.717) is 11.5 Å². The molecule has 0 amide bonds. The molecule has 2 heterocycles. The molecule has 2 fully saturated rings. The van der Waals surface area contributed by atoms with E-state index in [4.69, 9.17) is 10.5 Å². The van der Waals surface area contributed by atoms with Crippen LogP contribution in [-0.4, -0.2) is 42.8 Å². The fourth-order valence-electron chi connectivity index (χ4n) is 4.08. The van der Waals surface area contributed by atoms with E-state index in [-0.39, 0.29) is 5.54 Å². The van der Waals surface area contributed by atoms with Gasteiger partial charge in [-0.3, -0.25) is 4.90 Å². The van der Waals surface area contributed by atoms with Crippen molar-refractivity contribution < 1.29 is 4.74 Å². The Morgan fingerprint density at radius 2 is 1.90 bits per heavy atom. The summed E-state index contributed by atoms with van der Waals surface area (Å²) < 4.78 is 5.87. The number of nitrogens with zero attached hydrogens (tertiary/aromatic N) is 1. The predicted molar refractivity (Wildman–Crippen MR) is 84.8 cm³/mol. The number of ether oxygens (including phenoxy) is 1. The first-order chi connectivity index (χ1) is 9.41. The molecule has 2 N–H and O–H groups in total. The van der Waals surface area contributed by atoms with Crippen LogP contribution in [-0.2, 0) is 4.74 Å². The van der Waals surface area contributed by atoms with Gasteiger partial charge in [-0.05, 0) is 56.5 Å². The first-order valence-electron chi connectivity index (χ1n) is 8.48. The van der Waals surface area contributed by atoms with Crippen molar-refractivity contribution in [3.63, 3.8) is 0 Å². The van der Waals surface area contributed by atoms with E-state index in [1.807, 2.05) is 0 Å². The lowest BCUT2D eigenvalue weighted by Crippen LogP contribution is -2.60. The second-order valence-electron chi connectivity index (χ2n) is 7.91. The van der Waals surface area contributed by atoms with Gasteiger partial charge in [0, 0.05) is 18.7 Å². The minimum absolute atomic E-state index is 0.210. The Kier molecular flexibility index (Phi) is 5.14. The van der Waals surface area contributed by atoms with E-state index in [1.165, 1.54) is 25.9 Å². The van der Waals surface area contributed by atoms with Crippen LogP contribution in [0.5, 0.6) is 0 Å². The molecule has 2 rings (SSSR count). The molecule has 118 valence electrons. The molecule has 0 radical (unpaired) electrons. The smallest absolute Gasteiger partial charge is 0.0590 e.